The third-order valence-corrected chi connectivity index (χ3v) is 5.06. The van der Waals surface area contributed by atoms with Crippen molar-refractivity contribution in [2.75, 3.05) is 13.1 Å². The predicted molar refractivity (Wildman–Crippen MR) is 57.3 cm³/mol. The van der Waals surface area contributed by atoms with E-state index in [4.69, 9.17) is 23.2 Å². The molecule has 4 rings (SSSR count). The Labute approximate surface area is 92.4 Å². The van der Waals surface area contributed by atoms with Crippen LogP contribution in [-0.2, 0) is 10.8 Å². The summed E-state index contributed by atoms with van der Waals surface area (Å²) in [7, 11) is 0. The van der Waals surface area contributed by atoms with Gasteiger partial charge in [-0.1, -0.05) is 23.2 Å². The van der Waals surface area contributed by atoms with Gasteiger partial charge < -0.3 is 5.32 Å². The first-order chi connectivity index (χ1) is 6.70. The maximum atomic E-state index is 6.04. The molecule has 2 unspecified atom stereocenters. The summed E-state index contributed by atoms with van der Waals surface area (Å²) < 4.78 is 0. The maximum absolute atomic E-state index is 6.04. The molecule has 1 aromatic rings. The zero-order chi connectivity index (χ0) is 9.55. The summed E-state index contributed by atoms with van der Waals surface area (Å²) in [5.74, 6) is 0. The van der Waals surface area contributed by atoms with Crippen molar-refractivity contribution in [3.8, 4) is 0 Å². The molecule has 3 aliphatic rings. The fourth-order valence-electron chi connectivity index (χ4n) is 3.60. The Bertz CT molecular complexity index is 430. The third kappa shape index (κ3) is 0.573. The summed E-state index contributed by atoms with van der Waals surface area (Å²) in [6.07, 6.45) is 1.30. The van der Waals surface area contributed by atoms with Crippen LogP contribution in [0.15, 0.2) is 12.1 Å². The van der Waals surface area contributed by atoms with Crippen molar-refractivity contribution < 1.29 is 0 Å². The summed E-state index contributed by atoms with van der Waals surface area (Å²) in [6, 6.07) is 4.13. The molecule has 72 valence electrons. The van der Waals surface area contributed by atoms with E-state index < -0.39 is 0 Å². The van der Waals surface area contributed by atoms with Gasteiger partial charge in [0.1, 0.15) is 0 Å². The van der Waals surface area contributed by atoms with Gasteiger partial charge in [0, 0.05) is 23.9 Å². The van der Waals surface area contributed by atoms with Crippen molar-refractivity contribution in [3.05, 3.63) is 33.3 Å². The highest BCUT2D eigenvalue weighted by Crippen LogP contribution is 2.77. The first-order valence-electron chi connectivity index (χ1n) is 4.90. The van der Waals surface area contributed by atoms with E-state index in [2.05, 4.69) is 17.4 Å². The summed E-state index contributed by atoms with van der Waals surface area (Å²) in [5, 5.41) is 4.87. The molecule has 0 spiro atoms. The van der Waals surface area contributed by atoms with Gasteiger partial charge in [-0.05, 0) is 29.7 Å². The van der Waals surface area contributed by atoms with E-state index in [0.717, 1.165) is 13.1 Å². The van der Waals surface area contributed by atoms with Crippen LogP contribution < -0.4 is 5.32 Å². The van der Waals surface area contributed by atoms with Crippen LogP contribution in [0.25, 0.3) is 0 Å². The van der Waals surface area contributed by atoms with Crippen LogP contribution >= 0.6 is 23.2 Å². The van der Waals surface area contributed by atoms with Crippen LogP contribution in [0.2, 0.25) is 10.0 Å². The Hall–Kier alpha value is -0.240. The summed E-state index contributed by atoms with van der Waals surface area (Å²) in [4.78, 5) is 0. The number of hydrogen-bond acceptors (Lipinski definition) is 1. The Balaban J connectivity index is 2.01. The van der Waals surface area contributed by atoms with E-state index in [-0.39, 0.29) is 0 Å². The standard InChI is InChI=1S/C11H9Cl2N/c12-8-1-6-7(2-9(8)13)11-3-10(6,11)4-14-5-11/h1-2,14H,3-5H2. The fraction of sp³-hybridized carbons (Fsp3) is 0.455. The number of benzene rings is 1. The van der Waals surface area contributed by atoms with Crippen molar-refractivity contribution in [2.24, 2.45) is 0 Å². The lowest BCUT2D eigenvalue weighted by molar-refractivity contribution is 0.576. The molecular formula is C11H9Cl2N. The minimum Gasteiger partial charge on any atom is -0.315 e. The van der Waals surface area contributed by atoms with Crippen molar-refractivity contribution in [1.29, 1.82) is 0 Å². The molecule has 2 fully saturated rings. The number of nitrogens with one attached hydrogen (secondary N) is 1. The van der Waals surface area contributed by atoms with E-state index in [0.29, 0.717) is 20.9 Å². The SMILES string of the molecule is Clc1cc2c(cc1Cl)C13CNCC21C3. The van der Waals surface area contributed by atoms with Gasteiger partial charge in [0.25, 0.3) is 0 Å². The second-order valence-corrected chi connectivity index (χ2v) is 5.57. The molecule has 2 atom stereocenters. The van der Waals surface area contributed by atoms with E-state index >= 15 is 0 Å². The van der Waals surface area contributed by atoms with Crippen LogP contribution in [0.1, 0.15) is 17.5 Å². The highest BCUT2D eigenvalue weighted by Gasteiger charge is 2.79. The van der Waals surface area contributed by atoms with Gasteiger partial charge >= 0.3 is 0 Å². The van der Waals surface area contributed by atoms with E-state index in [1.807, 2.05) is 0 Å². The first kappa shape index (κ1) is 7.98. The summed E-state index contributed by atoms with van der Waals surface area (Å²) in [5.41, 5.74) is 3.77. The number of piperidine rings is 1. The molecule has 14 heavy (non-hydrogen) atoms. The largest absolute Gasteiger partial charge is 0.315 e. The van der Waals surface area contributed by atoms with Gasteiger partial charge in [0.15, 0.2) is 0 Å². The molecule has 1 saturated carbocycles. The quantitative estimate of drug-likeness (QED) is 0.716. The summed E-state index contributed by atoms with van der Waals surface area (Å²) in [6.45, 7) is 2.25. The van der Waals surface area contributed by atoms with Crippen molar-refractivity contribution >= 4 is 23.2 Å². The molecule has 3 heteroatoms. The lowest BCUT2D eigenvalue weighted by Gasteiger charge is -2.33. The average molecular weight is 226 g/mol. The molecule has 0 amide bonds. The van der Waals surface area contributed by atoms with Crippen LogP contribution in [0, 0.1) is 0 Å². The lowest BCUT2D eigenvalue weighted by atomic mass is 9.70. The summed E-state index contributed by atoms with van der Waals surface area (Å²) >= 11 is 12.1. The van der Waals surface area contributed by atoms with Gasteiger partial charge in [0.05, 0.1) is 10.0 Å². The highest BCUT2D eigenvalue weighted by molar-refractivity contribution is 6.42. The molecule has 2 aliphatic carbocycles. The molecule has 1 saturated heterocycles. The van der Waals surface area contributed by atoms with Crippen LogP contribution in [0.4, 0.5) is 0 Å². The maximum Gasteiger partial charge on any atom is 0.0595 e. The van der Waals surface area contributed by atoms with E-state index in [1.54, 1.807) is 0 Å². The molecule has 1 N–H and O–H groups in total. The van der Waals surface area contributed by atoms with E-state index in [9.17, 15) is 0 Å². The fourth-order valence-corrected chi connectivity index (χ4v) is 3.92. The van der Waals surface area contributed by atoms with Crippen molar-refractivity contribution in [2.45, 2.75) is 17.3 Å². The monoisotopic (exact) mass is 225 g/mol. The first-order valence-corrected chi connectivity index (χ1v) is 5.66. The minimum atomic E-state index is 0.441. The Morgan fingerprint density at radius 3 is 2.00 bits per heavy atom. The van der Waals surface area contributed by atoms with E-state index in [1.165, 1.54) is 17.5 Å². The molecule has 1 aromatic carbocycles. The second-order valence-electron chi connectivity index (χ2n) is 4.76. The van der Waals surface area contributed by atoms with Crippen molar-refractivity contribution in [1.82, 2.24) is 5.32 Å². The molecule has 0 bridgehead atoms. The smallest absolute Gasteiger partial charge is 0.0595 e. The van der Waals surface area contributed by atoms with Gasteiger partial charge in [-0.25, -0.2) is 0 Å². The number of rotatable bonds is 0. The van der Waals surface area contributed by atoms with Gasteiger partial charge in [-0.15, -0.1) is 0 Å². The molecule has 1 heterocycles. The second kappa shape index (κ2) is 1.99. The van der Waals surface area contributed by atoms with Crippen LogP contribution in [-0.4, -0.2) is 13.1 Å². The molecule has 0 aromatic heterocycles. The van der Waals surface area contributed by atoms with Gasteiger partial charge in [0.2, 0.25) is 0 Å². The average Bonchev–Trinajstić information content (AvgIpc) is 2.64. The minimum absolute atomic E-state index is 0.441. The Morgan fingerprint density at radius 2 is 1.50 bits per heavy atom. The Morgan fingerprint density at radius 1 is 1.00 bits per heavy atom. The molecular weight excluding hydrogens is 217 g/mol. The predicted octanol–water partition coefficient (Wildman–Crippen LogP) is 2.49. The lowest BCUT2D eigenvalue weighted by Crippen LogP contribution is -2.33. The van der Waals surface area contributed by atoms with Gasteiger partial charge in [-0.2, -0.15) is 0 Å². The topological polar surface area (TPSA) is 12.0 Å². The van der Waals surface area contributed by atoms with Gasteiger partial charge in [-0.3, -0.25) is 0 Å². The zero-order valence-electron chi connectivity index (χ0n) is 7.53. The number of halogens is 2. The zero-order valence-corrected chi connectivity index (χ0v) is 9.04. The number of fused-ring (bicyclic) bond motifs is 1. The third-order valence-electron chi connectivity index (χ3n) is 4.34. The molecule has 1 nitrogen and oxygen atoms in total. The Kier molecular flexibility index (Phi) is 1.14. The van der Waals surface area contributed by atoms with Crippen molar-refractivity contribution in [3.63, 3.8) is 0 Å². The normalized spacial score (nSPS) is 41.0. The number of hydrogen-bond donors (Lipinski definition) is 1. The highest BCUT2D eigenvalue weighted by atomic mass is 35.5. The van der Waals surface area contributed by atoms with Crippen LogP contribution in [0.5, 0.6) is 0 Å². The molecule has 1 aliphatic heterocycles. The van der Waals surface area contributed by atoms with Crippen LogP contribution in [0.3, 0.4) is 0 Å². The molecule has 0 radical (unpaired) electrons.